The number of fused-ring (bicyclic) bond motifs is 1. The third-order valence-electron chi connectivity index (χ3n) is 3.06. The summed E-state index contributed by atoms with van der Waals surface area (Å²) in [5.41, 5.74) is 1.48. The molecule has 0 saturated heterocycles. The van der Waals surface area contributed by atoms with E-state index in [0.717, 1.165) is 23.4 Å². The van der Waals surface area contributed by atoms with Gasteiger partial charge in [0, 0.05) is 17.3 Å². The minimum absolute atomic E-state index is 0.136. The van der Waals surface area contributed by atoms with Crippen LogP contribution in [0.2, 0.25) is 0 Å². The summed E-state index contributed by atoms with van der Waals surface area (Å²) in [7, 11) is 0. The molecule has 1 aromatic heterocycles. The molecule has 0 saturated carbocycles. The molecule has 1 aromatic carbocycles. The molecule has 1 aliphatic heterocycles. The number of nitrogens with zero attached hydrogens (tertiary/aromatic N) is 1. The van der Waals surface area contributed by atoms with Gasteiger partial charge >= 0.3 is 0 Å². The van der Waals surface area contributed by atoms with Crippen molar-refractivity contribution in [1.29, 1.82) is 0 Å². The van der Waals surface area contributed by atoms with Crippen LogP contribution in [0.3, 0.4) is 0 Å². The Morgan fingerprint density at radius 2 is 2.05 bits per heavy atom. The minimum Gasteiger partial charge on any atom is -0.454 e. The van der Waals surface area contributed by atoms with Gasteiger partial charge in [0.25, 0.3) is 5.56 Å². The number of aromatic nitrogens is 2. The highest BCUT2D eigenvalue weighted by Crippen LogP contribution is 2.34. The third kappa shape index (κ3) is 2.52. The molecule has 0 aliphatic carbocycles. The topological polar surface area (TPSA) is 64.2 Å². The summed E-state index contributed by atoms with van der Waals surface area (Å²) in [6.45, 7) is 4.43. The molecule has 0 unspecified atom stereocenters. The smallest absolute Gasteiger partial charge is 0.251 e. The van der Waals surface area contributed by atoms with Crippen LogP contribution >= 0.6 is 0 Å². The lowest BCUT2D eigenvalue weighted by molar-refractivity contribution is 0.174. The highest BCUT2D eigenvalue weighted by atomic mass is 16.7. The molecule has 0 bridgehead atoms. The van der Waals surface area contributed by atoms with Gasteiger partial charge in [0.05, 0.1) is 0 Å². The van der Waals surface area contributed by atoms with Crippen LogP contribution in [0.5, 0.6) is 11.5 Å². The van der Waals surface area contributed by atoms with Crippen LogP contribution in [0.15, 0.2) is 29.1 Å². The summed E-state index contributed by atoms with van der Waals surface area (Å²) in [6, 6.07) is 7.08. The van der Waals surface area contributed by atoms with Crippen LogP contribution in [0.4, 0.5) is 0 Å². The standard InChI is InChI=1S/C15H16N2O3/c1-9(2)5-11-7-14(18)17-15(16-11)10-3-4-12-13(6-10)20-8-19-12/h3-4,6-7,9H,5,8H2,1-2H3,(H,16,17,18). The van der Waals surface area contributed by atoms with Crippen molar-refractivity contribution in [2.45, 2.75) is 20.3 Å². The monoisotopic (exact) mass is 272 g/mol. The summed E-state index contributed by atoms with van der Waals surface area (Å²) in [5.74, 6) is 2.41. The van der Waals surface area contributed by atoms with Crippen molar-refractivity contribution < 1.29 is 9.47 Å². The first-order chi connectivity index (χ1) is 9.61. The lowest BCUT2D eigenvalue weighted by atomic mass is 10.1. The summed E-state index contributed by atoms with van der Waals surface area (Å²) in [5, 5.41) is 0. The highest BCUT2D eigenvalue weighted by Gasteiger charge is 2.15. The zero-order valence-corrected chi connectivity index (χ0v) is 11.5. The molecule has 0 radical (unpaired) electrons. The fraction of sp³-hybridized carbons (Fsp3) is 0.333. The van der Waals surface area contributed by atoms with Crippen molar-refractivity contribution in [2.75, 3.05) is 6.79 Å². The average Bonchev–Trinajstić information content (AvgIpc) is 2.84. The quantitative estimate of drug-likeness (QED) is 0.931. The van der Waals surface area contributed by atoms with E-state index >= 15 is 0 Å². The number of aromatic amines is 1. The maximum absolute atomic E-state index is 11.7. The van der Waals surface area contributed by atoms with Crippen molar-refractivity contribution in [3.63, 3.8) is 0 Å². The Bertz CT molecular complexity index is 692. The lowest BCUT2D eigenvalue weighted by Crippen LogP contribution is -2.11. The summed E-state index contributed by atoms with van der Waals surface area (Å²) in [6.07, 6.45) is 0.779. The van der Waals surface area contributed by atoms with E-state index in [0.29, 0.717) is 17.5 Å². The zero-order valence-electron chi connectivity index (χ0n) is 11.5. The minimum atomic E-state index is -0.136. The Morgan fingerprint density at radius 3 is 2.85 bits per heavy atom. The second-order valence-corrected chi connectivity index (χ2v) is 5.25. The number of benzene rings is 1. The molecule has 104 valence electrons. The SMILES string of the molecule is CC(C)Cc1cc(=O)[nH]c(-c2ccc3c(c2)OCO3)n1. The van der Waals surface area contributed by atoms with Crippen LogP contribution in [-0.4, -0.2) is 16.8 Å². The molecule has 0 fully saturated rings. The number of H-pyrrole nitrogens is 1. The van der Waals surface area contributed by atoms with E-state index in [1.54, 1.807) is 6.07 Å². The third-order valence-corrected chi connectivity index (χ3v) is 3.06. The summed E-state index contributed by atoms with van der Waals surface area (Å²) < 4.78 is 10.6. The van der Waals surface area contributed by atoms with E-state index in [1.807, 2.05) is 18.2 Å². The molecule has 2 heterocycles. The van der Waals surface area contributed by atoms with E-state index in [1.165, 1.54) is 0 Å². The highest BCUT2D eigenvalue weighted by molar-refractivity contribution is 5.61. The van der Waals surface area contributed by atoms with Crippen LogP contribution in [0, 0.1) is 5.92 Å². The molecular weight excluding hydrogens is 256 g/mol. The second-order valence-electron chi connectivity index (χ2n) is 5.25. The van der Waals surface area contributed by atoms with E-state index in [-0.39, 0.29) is 12.4 Å². The number of nitrogens with one attached hydrogen (secondary N) is 1. The molecule has 20 heavy (non-hydrogen) atoms. The Hall–Kier alpha value is -2.30. The Labute approximate surface area is 116 Å². The van der Waals surface area contributed by atoms with Crippen molar-refractivity contribution >= 4 is 0 Å². The van der Waals surface area contributed by atoms with Gasteiger partial charge in [-0.05, 0) is 30.5 Å². The first-order valence-electron chi connectivity index (χ1n) is 6.62. The van der Waals surface area contributed by atoms with Crippen LogP contribution in [-0.2, 0) is 6.42 Å². The first kappa shape index (κ1) is 12.7. The van der Waals surface area contributed by atoms with Crippen LogP contribution < -0.4 is 15.0 Å². The fourth-order valence-electron chi connectivity index (χ4n) is 2.21. The van der Waals surface area contributed by atoms with E-state index < -0.39 is 0 Å². The summed E-state index contributed by atoms with van der Waals surface area (Å²) >= 11 is 0. The molecule has 2 aromatic rings. The Kier molecular flexibility index (Phi) is 3.18. The number of rotatable bonds is 3. The van der Waals surface area contributed by atoms with Gasteiger partial charge in [-0.3, -0.25) is 4.79 Å². The van der Waals surface area contributed by atoms with Crippen molar-refractivity contribution in [3.8, 4) is 22.9 Å². The molecule has 5 heteroatoms. The first-order valence-corrected chi connectivity index (χ1v) is 6.62. The molecule has 1 aliphatic rings. The molecule has 0 atom stereocenters. The van der Waals surface area contributed by atoms with Crippen molar-refractivity contribution in [3.05, 3.63) is 40.3 Å². The zero-order chi connectivity index (χ0) is 14.1. The largest absolute Gasteiger partial charge is 0.454 e. The van der Waals surface area contributed by atoms with Crippen LogP contribution in [0.1, 0.15) is 19.5 Å². The normalized spacial score (nSPS) is 12.9. The lowest BCUT2D eigenvalue weighted by Gasteiger charge is -2.07. The van der Waals surface area contributed by atoms with Gasteiger partial charge in [0.1, 0.15) is 5.82 Å². The van der Waals surface area contributed by atoms with Gasteiger partial charge in [-0.25, -0.2) is 4.98 Å². The average molecular weight is 272 g/mol. The van der Waals surface area contributed by atoms with Gasteiger partial charge in [-0.2, -0.15) is 0 Å². The van der Waals surface area contributed by atoms with Crippen LogP contribution in [0.25, 0.3) is 11.4 Å². The predicted molar refractivity (Wildman–Crippen MR) is 75.0 cm³/mol. The maximum atomic E-state index is 11.7. The molecule has 3 rings (SSSR count). The number of ether oxygens (including phenoxy) is 2. The number of hydrogen-bond acceptors (Lipinski definition) is 4. The van der Waals surface area contributed by atoms with Gasteiger partial charge in [-0.1, -0.05) is 13.8 Å². The molecular formula is C15H16N2O3. The Balaban J connectivity index is 2.01. The Morgan fingerprint density at radius 1 is 1.25 bits per heavy atom. The molecule has 0 amide bonds. The molecule has 0 spiro atoms. The predicted octanol–water partition coefficient (Wildman–Crippen LogP) is 2.36. The van der Waals surface area contributed by atoms with Gasteiger partial charge in [0.2, 0.25) is 6.79 Å². The van der Waals surface area contributed by atoms with Gasteiger partial charge in [0.15, 0.2) is 11.5 Å². The summed E-state index contributed by atoms with van der Waals surface area (Å²) in [4.78, 5) is 19.0. The van der Waals surface area contributed by atoms with Gasteiger partial charge < -0.3 is 14.5 Å². The number of hydrogen-bond donors (Lipinski definition) is 1. The van der Waals surface area contributed by atoms with Crippen molar-refractivity contribution in [2.24, 2.45) is 5.92 Å². The second kappa shape index (κ2) is 5.00. The molecule has 1 N–H and O–H groups in total. The molecule has 5 nitrogen and oxygen atoms in total. The van der Waals surface area contributed by atoms with Gasteiger partial charge in [-0.15, -0.1) is 0 Å². The van der Waals surface area contributed by atoms with Crippen molar-refractivity contribution in [1.82, 2.24) is 9.97 Å². The van der Waals surface area contributed by atoms with E-state index in [2.05, 4.69) is 23.8 Å². The maximum Gasteiger partial charge on any atom is 0.251 e. The van der Waals surface area contributed by atoms with E-state index in [9.17, 15) is 4.79 Å². The van der Waals surface area contributed by atoms with E-state index in [4.69, 9.17) is 9.47 Å². The fourth-order valence-corrected chi connectivity index (χ4v) is 2.21.